The SMILES string of the molecule is O=C(CNC(=O)c1ccc(-c2cnc3ccccc3c2)cc1)NCCc1cccc(F)c1. The lowest BCUT2D eigenvalue weighted by Gasteiger charge is -2.08. The van der Waals surface area contributed by atoms with Crippen LogP contribution in [0, 0.1) is 5.82 Å². The molecule has 0 radical (unpaired) electrons. The summed E-state index contributed by atoms with van der Waals surface area (Å²) in [5, 5.41) is 6.39. The monoisotopic (exact) mass is 427 g/mol. The Morgan fingerprint density at radius 1 is 0.844 bits per heavy atom. The minimum Gasteiger partial charge on any atom is -0.354 e. The Bertz CT molecular complexity index is 1260. The fraction of sp³-hybridized carbons (Fsp3) is 0.115. The van der Waals surface area contributed by atoms with Gasteiger partial charge in [-0.05, 0) is 53.9 Å². The van der Waals surface area contributed by atoms with Crippen molar-refractivity contribution in [1.82, 2.24) is 15.6 Å². The number of halogens is 1. The number of aromatic nitrogens is 1. The van der Waals surface area contributed by atoms with Crippen molar-refractivity contribution in [2.24, 2.45) is 0 Å². The quantitative estimate of drug-likeness (QED) is 0.466. The van der Waals surface area contributed by atoms with Crippen LogP contribution >= 0.6 is 0 Å². The number of carbonyl (C=O) groups excluding carboxylic acids is 2. The third-order valence-corrected chi connectivity index (χ3v) is 5.11. The van der Waals surface area contributed by atoms with Crippen LogP contribution in [-0.4, -0.2) is 29.9 Å². The van der Waals surface area contributed by atoms with E-state index in [1.54, 1.807) is 24.3 Å². The van der Waals surface area contributed by atoms with Crippen molar-refractivity contribution in [2.75, 3.05) is 13.1 Å². The van der Waals surface area contributed by atoms with Gasteiger partial charge in [-0.15, -0.1) is 0 Å². The van der Waals surface area contributed by atoms with Crippen LogP contribution < -0.4 is 10.6 Å². The highest BCUT2D eigenvalue weighted by atomic mass is 19.1. The predicted molar refractivity (Wildman–Crippen MR) is 123 cm³/mol. The number of rotatable bonds is 7. The summed E-state index contributed by atoms with van der Waals surface area (Å²) in [7, 11) is 0. The molecule has 0 aliphatic heterocycles. The first-order valence-corrected chi connectivity index (χ1v) is 10.3. The lowest BCUT2D eigenvalue weighted by atomic mass is 10.0. The van der Waals surface area contributed by atoms with Crippen molar-refractivity contribution < 1.29 is 14.0 Å². The maximum atomic E-state index is 13.2. The molecule has 1 heterocycles. The molecule has 160 valence electrons. The molecule has 0 fully saturated rings. The molecule has 0 saturated carbocycles. The van der Waals surface area contributed by atoms with E-state index in [9.17, 15) is 14.0 Å². The number of pyridine rings is 1. The van der Waals surface area contributed by atoms with Gasteiger partial charge in [0.2, 0.25) is 5.91 Å². The maximum absolute atomic E-state index is 13.2. The third-order valence-electron chi connectivity index (χ3n) is 5.11. The molecule has 3 aromatic carbocycles. The zero-order chi connectivity index (χ0) is 22.3. The van der Waals surface area contributed by atoms with E-state index in [-0.39, 0.29) is 24.2 Å². The van der Waals surface area contributed by atoms with E-state index in [1.165, 1.54) is 12.1 Å². The van der Waals surface area contributed by atoms with E-state index >= 15 is 0 Å². The van der Waals surface area contributed by atoms with Crippen LogP contribution in [0.2, 0.25) is 0 Å². The zero-order valence-corrected chi connectivity index (χ0v) is 17.3. The number of hydrogen-bond acceptors (Lipinski definition) is 3. The van der Waals surface area contributed by atoms with Crippen LogP contribution in [0.15, 0.2) is 85.1 Å². The molecule has 0 aliphatic carbocycles. The second-order valence-corrected chi connectivity index (χ2v) is 7.41. The van der Waals surface area contributed by atoms with Gasteiger partial charge in [0, 0.05) is 29.3 Å². The van der Waals surface area contributed by atoms with Crippen molar-refractivity contribution in [3.05, 3.63) is 102 Å². The van der Waals surface area contributed by atoms with E-state index in [4.69, 9.17) is 0 Å². The summed E-state index contributed by atoms with van der Waals surface area (Å²) in [4.78, 5) is 28.8. The van der Waals surface area contributed by atoms with Gasteiger partial charge in [0.15, 0.2) is 0 Å². The first-order chi connectivity index (χ1) is 15.6. The predicted octanol–water partition coefficient (Wildman–Crippen LogP) is 4.13. The van der Waals surface area contributed by atoms with Gasteiger partial charge in [-0.3, -0.25) is 14.6 Å². The highest BCUT2D eigenvalue weighted by Crippen LogP contribution is 2.23. The molecule has 4 rings (SSSR count). The normalized spacial score (nSPS) is 10.7. The summed E-state index contributed by atoms with van der Waals surface area (Å²) in [6, 6.07) is 23.4. The number of fused-ring (bicyclic) bond motifs is 1. The first-order valence-electron chi connectivity index (χ1n) is 10.3. The van der Waals surface area contributed by atoms with E-state index in [0.29, 0.717) is 18.5 Å². The van der Waals surface area contributed by atoms with Crippen LogP contribution in [0.5, 0.6) is 0 Å². The minimum atomic E-state index is -0.325. The molecule has 32 heavy (non-hydrogen) atoms. The molecule has 5 nitrogen and oxygen atoms in total. The van der Waals surface area contributed by atoms with Crippen molar-refractivity contribution >= 4 is 22.7 Å². The van der Waals surface area contributed by atoms with Gasteiger partial charge < -0.3 is 10.6 Å². The molecule has 0 saturated heterocycles. The summed E-state index contributed by atoms with van der Waals surface area (Å²) in [6.07, 6.45) is 2.33. The Morgan fingerprint density at radius 2 is 1.66 bits per heavy atom. The van der Waals surface area contributed by atoms with Gasteiger partial charge in [-0.1, -0.05) is 42.5 Å². The summed E-state index contributed by atoms with van der Waals surface area (Å²) in [5.74, 6) is -0.925. The summed E-state index contributed by atoms with van der Waals surface area (Å²) >= 11 is 0. The van der Waals surface area contributed by atoms with Crippen LogP contribution in [-0.2, 0) is 11.2 Å². The molecule has 0 spiro atoms. The molecule has 0 atom stereocenters. The minimum absolute atomic E-state index is 0.127. The van der Waals surface area contributed by atoms with Crippen LogP contribution in [0.3, 0.4) is 0 Å². The van der Waals surface area contributed by atoms with Crippen molar-refractivity contribution in [1.29, 1.82) is 0 Å². The van der Waals surface area contributed by atoms with Gasteiger partial charge in [-0.25, -0.2) is 4.39 Å². The molecular formula is C26H22FN3O2. The van der Waals surface area contributed by atoms with E-state index < -0.39 is 0 Å². The smallest absolute Gasteiger partial charge is 0.251 e. The Kier molecular flexibility index (Phi) is 6.51. The maximum Gasteiger partial charge on any atom is 0.251 e. The van der Waals surface area contributed by atoms with E-state index in [1.807, 2.05) is 42.6 Å². The fourth-order valence-corrected chi connectivity index (χ4v) is 3.41. The second-order valence-electron chi connectivity index (χ2n) is 7.41. The molecule has 0 bridgehead atoms. The molecule has 4 aromatic rings. The molecule has 2 N–H and O–H groups in total. The van der Waals surface area contributed by atoms with Gasteiger partial charge in [-0.2, -0.15) is 0 Å². The summed E-state index contributed by atoms with van der Waals surface area (Å²) < 4.78 is 13.2. The largest absolute Gasteiger partial charge is 0.354 e. The third kappa shape index (κ3) is 5.35. The Labute approximate surface area is 185 Å². The standard InChI is InChI=1S/C26H22FN3O2/c27-23-6-3-4-18(14-23)12-13-28-25(31)17-30-26(32)20-10-8-19(9-11-20)22-15-21-5-1-2-7-24(21)29-16-22/h1-11,14-16H,12-13,17H2,(H,28,31)(H,30,32). The van der Waals surface area contributed by atoms with Crippen molar-refractivity contribution in [3.63, 3.8) is 0 Å². The van der Waals surface area contributed by atoms with E-state index in [2.05, 4.69) is 21.7 Å². The van der Waals surface area contributed by atoms with Crippen molar-refractivity contribution in [3.8, 4) is 11.1 Å². The zero-order valence-electron chi connectivity index (χ0n) is 17.3. The number of benzene rings is 3. The van der Waals surface area contributed by atoms with Gasteiger partial charge in [0.25, 0.3) is 5.91 Å². The Balaban J connectivity index is 1.28. The summed E-state index contributed by atoms with van der Waals surface area (Å²) in [5.41, 5.74) is 4.12. The average Bonchev–Trinajstić information content (AvgIpc) is 2.82. The molecule has 2 amide bonds. The Morgan fingerprint density at radius 3 is 2.47 bits per heavy atom. The topological polar surface area (TPSA) is 71.1 Å². The molecule has 0 unspecified atom stereocenters. The second kappa shape index (κ2) is 9.83. The van der Waals surface area contributed by atoms with Gasteiger partial charge >= 0.3 is 0 Å². The number of carbonyl (C=O) groups is 2. The van der Waals surface area contributed by atoms with E-state index in [0.717, 1.165) is 27.6 Å². The van der Waals surface area contributed by atoms with Gasteiger partial charge in [0.1, 0.15) is 5.82 Å². The summed E-state index contributed by atoms with van der Waals surface area (Å²) in [6.45, 7) is 0.241. The molecule has 0 aliphatic rings. The van der Waals surface area contributed by atoms with Crippen LogP contribution in [0.1, 0.15) is 15.9 Å². The Hall–Kier alpha value is -4.06. The number of para-hydroxylation sites is 1. The van der Waals surface area contributed by atoms with Crippen LogP contribution in [0.25, 0.3) is 22.0 Å². The van der Waals surface area contributed by atoms with Crippen LogP contribution in [0.4, 0.5) is 4.39 Å². The molecular weight excluding hydrogens is 405 g/mol. The fourth-order valence-electron chi connectivity index (χ4n) is 3.41. The average molecular weight is 427 g/mol. The highest BCUT2D eigenvalue weighted by Gasteiger charge is 2.09. The van der Waals surface area contributed by atoms with Crippen molar-refractivity contribution in [2.45, 2.75) is 6.42 Å². The lowest BCUT2D eigenvalue weighted by Crippen LogP contribution is -2.37. The first kappa shape index (κ1) is 21.2. The molecule has 1 aromatic heterocycles. The number of hydrogen-bond donors (Lipinski definition) is 2. The number of nitrogens with one attached hydrogen (secondary N) is 2. The number of nitrogens with zero attached hydrogens (tertiary/aromatic N) is 1. The van der Waals surface area contributed by atoms with Gasteiger partial charge in [0.05, 0.1) is 12.1 Å². The lowest BCUT2D eigenvalue weighted by molar-refractivity contribution is -0.120. The highest BCUT2D eigenvalue weighted by molar-refractivity contribution is 5.97. The number of amides is 2. The molecule has 6 heteroatoms.